The largest absolute Gasteiger partial charge is 0.366 e. The van der Waals surface area contributed by atoms with Gasteiger partial charge < -0.3 is 10.6 Å². The van der Waals surface area contributed by atoms with E-state index >= 15 is 0 Å². The van der Waals surface area contributed by atoms with Crippen LogP contribution >= 0.6 is 0 Å². The molecule has 0 unspecified atom stereocenters. The molecule has 0 radical (unpaired) electrons. The third kappa shape index (κ3) is 1.18. The second-order valence-corrected chi connectivity index (χ2v) is 1.95. The lowest BCUT2D eigenvalue weighted by Crippen LogP contribution is -2.29. The summed E-state index contributed by atoms with van der Waals surface area (Å²) in [5.41, 5.74) is 5.05. The summed E-state index contributed by atoms with van der Waals surface area (Å²) in [5.74, 6) is -0.722. The number of nitrogens with two attached hydrogens (primary N) is 1. The monoisotopic (exact) mass is 141 g/mol. The predicted octanol–water partition coefficient (Wildman–Crippen LogP) is -0.143. The highest BCUT2D eigenvalue weighted by Gasteiger charge is 2.09. The van der Waals surface area contributed by atoms with Crippen molar-refractivity contribution in [2.24, 2.45) is 5.73 Å². The van der Waals surface area contributed by atoms with E-state index in [2.05, 4.69) is 0 Å². The summed E-state index contributed by atoms with van der Waals surface area (Å²) < 4.78 is 21.4. The molecule has 1 heterocycles. The fourth-order valence-corrected chi connectivity index (χ4v) is 0.729. The van der Waals surface area contributed by atoms with Gasteiger partial charge in [0.2, 0.25) is 0 Å². The van der Waals surface area contributed by atoms with Gasteiger partial charge in [-0.15, -0.1) is 0 Å². The molecule has 0 saturated carbocycles. The fourth-order valence-electron chi connectivity index (χ4n) is 0.729. The molecule has 0 spiro atoms. The van der Waals surface area contributed by atoms with Crippen molar-refractivity contribution in [3.05, 3.63) is 23.9 Å². The number of carbonyl (C=O) groups excluding carboxylic acids is 1. The number of hydrogen-bond donors (Lipinski definition) is 1. The Hall–Kier alpha value is -1.25. The van der Waals surface area contributed by atoms with Gasteiger partial charge in [-0.2, -0.15) is 0 Å². The molecular weight excluding hydrogens is 128 g/mol. The first-order valence-electron chi connectivity index (χ1n) is 4.37. The zero-order chi connectivity index (χ0) is 10.1. The Balaban J connectivity index is 2.94. The Morgan fingerprint density at radius 2 is 2.80 bits per heavy atom. The number of carbonyl (C=O) groups is 1. The third-order valence-electron chi connectivity index (χ3n) is 1.22. The molecule has 3 nitrogen and oxygen atoms in total. The highest BCUT2D eigenvalue weighted by molar-refractivity contribution is 5.91. The molecule has 1 amide bonds. The van der Waals surface area contributed by atoms with Gasteiger partial charge in [-0.25, -0.2) is 0 Å². The molecule has 10 heavy (non-hydrogen) atoms. The van der Waals surface area contributed by atoms with Gasteiger partial charge in [0.25, 0.3) is 5.91 Å². The Morgan fingerprint density at radius 3 is 3.30 bits per heavy atom. The first-order chi connectivity index (χ1) is 5.93. The van der Waals surface area contributed by atoms with Gasteiger partial charge in [0.15, 0.2) is 0 Å². The standard InChI is InChI=1S/C7H10N2O/c1-9-5-3-2-4-6(9)7(8)10/h2-4H,5H2,1H3,(H2,8,10)/i1D3. The summed E-state index contributed by atoms with van der Waals surface area (Å²) in [5, 5.41) is 0. The minimum atomic E-state index is -2.31. The third-order valence-corrected chi connectivity index (χ3v) is 1.22. The molecule has 0 atom stereocenters. The average molecular weight is 141 g/mol. The van der Waals surface area contributed by atoms with Gasteiger partial charge >= 0.3 is 0 Å². The normalized spacial score (nSPS) is 22.6. The van der Waals surface area contributed by atoms with E-state index in [4.69, 9.17) is 9.85 Å². The molecule has 1 rings (SSSR count). The van der Waals surface area contributed by atoms with Crippen LogP contribution < -0.4 is 5.73 Å². The molecule has 1 aliphatic rings. The topological polar surface area (TPSA) is 46.3 Å². The number of rotatable bonds is 1. The van der Waals surface area contributed by atoms with E-state index in [9.17, 15) is 4.79 Å². The number of hydrogen-bond acceptors (Lipinski definition) is 2. The van der Waals surface area contributed by atoms with Gasteiger partial charge in [0, 0.05) is 17.6 Å². The van der Waals surface area contributed by atoms with Crippen molar-refractivity contribution >= 4 is 5.91 Å². The molecule has 54 valence electrons. The predicted molar refractivity (Wildman–Crippen MR) is 39.0 cm³/mol. The van der Waals surface area contributed by atoms with Gasteiger partial charge in [-0.3, -0.25) is 4.79 Å². The van der Waals surface area contributed by atoms with E-state index in [1.165, 1.54) is 6.08 Å². The van der Waals surface area contributed by atoms with Crippen LogP contribution in [-0.2, 0) is 4.79 Å². The Kier molecular flexibility index (Phi) is 0.974. The maximum absolute atomic E-state index is 10.8. The van der Waals surface area contributed by atoms with E-state index in [-0.39, 0.29) is 12.2 Å². The molecule has 0 aliphatic carbocycles. The summed E-state index contributed by atoms with van der Waals surface area (Å²) in [7, 11) is 0. The van der Waals surface area contributed by atoms with E-state index in [0.29, 0.717) is 0 Å². The average Bonchev–Trinajstić information content (AvgIpc) is 2.03. The van der Waals surface area contributed by atoms with Crippen LogP contribution in [0.2, 0.25) is 0 Å². The van der Waals surface area contributed by atoms with Crippen LogP contribution in [0.1, 0.15) is 4.11 Å². The summed E-state index contributed by atoms with van der Waals surface area (Å²) in [6, 6.07) is 0. The van der Waals surface area contributed by atoms with E-state index in [0.717, 1.165) is 4.90 Å². The number of likely N-dealkylation sites (N-methyl/N-ethyl adjacent to an activating group) is 1. The molecule has 2 N–H and O–H groups in total. The van der Waals surface area contributed by atoms with Gasteiger partial charge in [-0.1, -0.05) is 12.2 Å². The van der Waals surface area contributed by atoms with Crippen molar-refractivity contribution in [1.82, 2.24) is 4.90 Å². The molecule has 0 aromatic carbocycles. The number of allylic oxidation sites excluding steroid dienone is 2. The summed E-state index contributed by atoms with van der Waals surface area (Å²) in [6.07, 6.45) is 4.67. The first kappa shape index (κ1) is 3.81. The zero-order valence-corrected chi connectivity index (χ0v) is 5.37. The van der Waals surface area contributed by atoms with Crippen molar-refractivity contribution in [3.63, 3.8) is 0 Å². The van der Waals surface area contributed by atoms with Crippen LogP contribution in [0, 0.1) is 0 Å². The zero-order valence-electron chi connectivity index (χ0n) is 8.37. The van der Waals surface area contributed by atoms with Gasteiger partial charge in [0.05, 0.1) is 0 Å². The van der Waals surface area contributed by atoms with Gasteiger partial charge in [-0.05, 0) is 6.08 Å². The highest BCUT2D eigenvalue weighted by Crippen LogP contribution is 2.05. The van der Waals surface area contributed by atoms with E-state index < -0.39 is 12.9 Å². The second-order valence-electron chi connectivity index (χ2n) is 1.95. The smallest absolute Gasteiger partial charge is 0.264 e. The molecule has 0 bridgehead atoms. The van der Waals surface area contributed by atoms with Crippen LogP contribution in [0.5, 0.6) is 0 Å². The molecule has 0 fully saturated rings. The summed E-state index contributed by atoms with van der Waals surface area (Å²) >= 11 is 0. The van der Waals surface area contributed by atoms with Crippen molar-refractivity contribution in [1.29, 1.82) is 0 Å². The van der Waals surface area contributed by atoms with Crippen LogP contribution in [0.3, 0.4) is 0 Å². The SMILES string of the molecule is [2H]C([2H])([2H])N1CC=CC=C1C(N)=O. The lowest BCUT2D eigenvalue weighted by atomic mass is 10.2. The molecule has 0 aromatic rings. The van der Waals surface area contributed by atoms with Crippen molar-refractivity contribution in [3.8, 4) is 0 Å². The Bertz CT molecular complexity index is 280. The highest BCUT2D eigenvalue weighted by atomic mass is 16.1. The van der Waals surface area contributed by atoms with Crippen LogP contribution in [0.25, 0.3) is 0 Å². The number of amides is 1. The fraction of sp³-hybridized carbons (Fsp3) is 0.286. The number of primary amides is 1. The molecule has 0 aromatic heterocycles. The van der Waals surface area contributed by atoms with Crippen molar-refractivity contribution in [2.75, 3.05) is 13.5 Å². The Morgan fingerprint density at radius 1 is 2.00 bits per heavy atom. The summed E-state index contributed by atoms with van der Waals surface area (Å²) in [6.45, 7) is -2.13. The molecular formula is C7H10N2O. The van der Waals surface area contributed by atoms with Gasteiger partial charge in [0.1, 0.15) is 5.70 Å². The minimum Gasteiger partial charge on any atom is -0.366 e. The minimum absolute atomic E-state index is 0.0301. The lowest BCUT2D eigenvalue weighted by molar-refractivity contribution is -0.115. The lowest BCUT2D eigenvalue weighted by Gasteiger charge is -2.20. The molecule has 3 heteroatoms. The molecule has 1 aliphatic heterocycles. The Labute approximate surface area is 64.0 Å². The molecule has 0 saturated heterocycles. The first-order valence-corrected chi connectivity index (χ1v) is 2.87. The second kappa shape index (κ2) is 2.56. The summed E-state index contributed by atoms with van der Waals surface area (Å²) in [4.78, 5) is 11.8. The quantitative estimate of drug-likeness (QED) is 0.552. The van der Waals surface area contributed by atoms with Crippen LogP contribution in [0.15, 0.2) is 23.9 Å². The van der Waals surface area contributed by atoms with E-state index in [1.807, 2.05) is 0 Å². The maximum atomic E-state index is 10.8. The van der Waals surface area contributed by atoms with Crippen molar-refractivity contribution < 1.29 is 8.91 Å². The van der Waals surface area contributed by atoms with Crippen molar-refractivity contribution in [2.45, 2.75) is 0 Å². The van der Waals surface area contributed by atoms with E-state index in [1.54, 1.807) is 12.2 Å². The van der Waals surface area contributed by atoms with Crippen LogP contribution in [-0.4, -0.2) is 24.3 Å². The van der Waals surface area contributed by atoms with Crippen LogP contribution in [0.4, 0.5) is 0 Å². The number of nitrogens with zero attached hydrogens (tertiary/aromatic N) is 1. The maximum Gasteiger partial charge on any atom is 0.264 e.